The highest BCUT2D eigenvalue weighted by molar-refractivity contribution is 5.88. The molecular formula is C23H27NO4. The SMILES string of the molecule is COc1ccc(CCCCCC(=O)N2CCc3ccc(C(=O)O)cc3C2)cc1. The van der Waals surface area contributed by atoms with Crippen molar-refractivity contribution in [3.05, 3.63) is 64.7 Å². The monoisotopic (exact) mass is 381 g/mol. The lowest BCUT2D eigenvalue weighted by atomic mass is 9.97. The third kappa shape index (κ3) is 5.12. The van der Waals surface area contributed by atoms with Crippen molar-refractivity contribution < 1.29 is 19.4 Å². The van der Waals surface area contributed by atoms with Crippen molar-refractivity contribution >= 4 is 11.9 Å². The molecule has 148 valence electrons. The Labute approximate surface area is 165 Å². The number of aryl methyl sites for hydroxylation is 1. The van der Waals surface area contributed by atoms with E-state index in [4.69, 9.17) is 9.84 Å². The van der Waals surface area contributed by atoms with Crippen molar-refractivity contribution in [1.82, 2.24) is 4.90 Å². The molecular weight excluding hydrogens is 354 g/mol. The number of carbonyl (C=O) groups is 2. The van der Waals surface area contributed by atoms with E-state index in [1.165, 1.54) is 5.56 Å². The van der Waals surface area contributed by atoms with Crippen LogP contribution in [0.2, 0.25) is 0 Å². The summed E-state index contributed by atoms with van der Waals surface area (Å²) in [4.78, 5) is 25.5. The predicted molar refractivity (Wildman–Crippen MR) is 108 cm³/mol. The van der Waals surface area contributed by atoms with Crippen molar-refractivity contribution in [3.63, 3.8) is 0 Å². The Morgan fingerprint density at radius 1 is 1.04 bits per heavy atom. The fraction of sp³-hybridized carbons (Fsp3) is 0.391. The lowest BCUT2D eigenvalue weighted by Crippen LogP contribution is -2.35. The zero-order valence-electron chi connectivity index (χ0n) is 16.3. The first-order valence-electron chi connectivity index (χ1n) is 9.82. The predicted octanol–water partition coefficient (Wildman–Crippen LogP) is 4.08. The summed E-state index contributed by atoms with van der Waals surface area (Å²) in [6.07, 6.45) is 5.31. The molecule has 0 bridgehead atoms. The quantitative estimate of drug-likeness (QED) is 0.700. The van der Waals surface area contributed by atoms with E-state index in [0.717, 1.165) is 49.0 Å². The van der Waals surface area contributed by atoms with Crippen molar-refractivity contribution in [2.45, 2.75) is 45.1 Å². The van der Waals surface area contributed by atoms with Crippen LogP contribution in [0.4, 0.5) is 0 Å². The largest absolute Gasteiger partial charge is 0.497 e. The van der Waals surface area contributed by atoms with E-state index in [9.17, 15) is 9.59 Å². The van der Waals surface area contributed by atoms with Gasteiger partial charge in [0.15, 0.2) is 0 Å². The number of carboxylic acid groups (broad SMARTS) is 1. The molecule has 1 aliphatic heterocycles. The highest BCUT2D eigenvalue weighted by Gasteiger charge is 2.21. The van der Waals surface area contributed by atoms with Gasteiger partial charge < -0.3 is 14.7 Å². The number of hydrogen-bond donors (Lipinski definition) is 1. The molecule has 0 saturated carbocycles. The Balaban J connectivity index is 1.41. The van der Waals surface area contributed by atoms with Crippen molar-refractivity contribution in [3.8, 4) is 5.75 Å². The highest BCUT2D eigenvalue weighted by Crippen LogP contribution is 2.22. The van der Waals surface area contributed by atoms with E-state index in [2.05, 4.69) is 12.1 Å². The van der Waals surface area contributed by atoms with Crippen molar-refractivity contribution in [2.24, 2.45) is 0 Å². The molecule has 5 nitrogen and oxygen atoms in total. The van der Waals surface area contributed by atoms with Gasteiger partial charge in [0.2, 0.25) is 5.91 Å². The van der Waals surface area contributed by atoms with Gasteiger partial charge in [-0.15, -0.1) is 0 Å². The van der Waals surface area contributed by atoms with E-state index < -0.39 is 5.97 Å². The number of nitrogens with zero attached hydrogens (tertiary/aromatic N) is 1. The standard InChI is InChI=1S/C23H27NO4/c1-28-21-11-7-17(8-12-21)5-3-2-4-6-22(25)24-14-13-18-9-10-19(23(26)27)15-20(18)16-24/h7-12,15H,2-6,13-14,16H2,1H3,(H,26,27). The molecule has 3 rings (SSSR count). The molecule has 28 heavy (non-hydrogen) atoms. The molecule has 0 saturated heterocycles. The number of methoxy groups -OCH3 is 1. The minimum atomic E-state index is -0.928. The minimum Gasteiger partial charge on any atom is -0.497 e. The summed E-state index contributed by atoms with van der Waals surface area (Å²) in [5, 5.41) is 9.15. The summed E-state index contributed by atoms with van der Waals surface area (Å²) in [5.74, 6) is 0.104. The van der Waals surface area contributed by atoms with Gasteiger partial charge >= 0.3 is 5.97 Å². The first kappa shape index (κ1) is 19.9. The molecule has 1 N–H and O–H groups in total. The molecule has 0 spiro atoms. The van der Waals surface area contributed by atoms with Gasteiger partial charge in [-0.05, 0) is 66.6 Å². The zero-order chi connectivity index (χ0) is 19.9. The fourth-order valence-corrected chi connectivity index (χ4v) is 3.64. The van der Waals surface area contributed by atoms with Crippen LogP contribution in [-0.2, 0) is 24.2 Å². The molecule has 0 aromatic heterocycles. The molecule has 1 heterocycles. The third-order valence-electron chi connectivity index (χ3n) is 5.33. The third-order valence-corrected chi connectivity index (χ3v) is 5.33. The first-order valence-corrected chi connectivity index (χ1v) is 9.82. The number of ether oxygens (including phenoxy) is 1. The number of aromatic carboxylic acids is 1. The molecule has 2 aromatic carbocycles. The first-order chi connectivity index (χ1) is 13.6. The Bertz CT molecular complexity index is 829. The molecule has 2 aromatic rings. The highest BCUT2D eigenvalue weighted by atomic mass is 16.5. The maximum absolute atomic E-state index is 12.5. The number of carbonyl (C=O) groups excluding carboxylic acids is 1. The van der Waals surface area contributed by atoms with Crippen molar-refractivity contribution in [2.75, 3.05) is 13.7 Å². The second kappa shape index (κ2) is 9.40. The van der Waals surface area contributed by atoms with Crippen LogP contribution < -0.4 is 4.74 Å². The molecule has 5 heteroatoms. The van der Waals surface area contributed by atoms with Crippen LogP contribution in [0.25, 0.3) is 0 Å². The molecule has 1 amide bonds. The van der Waals surface area contributed by atoms with Gasteiger partial charge in [-0.25, -0.2) is 4.79 Å². The van der Waals surface area contributed by atoms with Crippen LogP contribution in [0.1, 0.15) is 52.7 Å². The average Bonchev–Trinajstić information content (AvgIpc) is 2.72. The lowest BCUT2D eigenvalue weighted by Gasteiger charge is -2.29. The van der Waals surface area contributed by atoms with Crippen LogP contribution in [0, 0.1) is 0 Å². The summed E-state index contributed by atoms with van der Waals surface area (Å²) in [7, 11) is 1.66. The molecule has 0 unspecified atom stereocenters. The Morgan fingerprint density at radius 2 is 1.82 bits per heavy atom. The van der Waals surface area contributed by atoms with E-state index in [1.807, 2.05) is 23.1 Å². The molecule has 1 aliphatic rings. The van der Waals surface area contributed by atoms with Crippen molar-refractivity contribution in [1.29, 1.82) is 0 Å². The van der Waals surface area contributed by atoms with E-state index in [1.54, 1.807) is 19.2 Å². The van der Waals surface area contributed by atoms with Gasteiger partial charge in [-0.3, -0.25) is 4.79 Å². The van der Waals surface area contributed by atoms with Gasteiger partial charge in [0.05, 0.1) is 12.7 Å². The van der Waals surface area contributed by atoms with E-state index in [0.29, 0.717) is 19.5 Å². The number of unbranched alkanes of at least 4 members (excludes halogenated alkanes) is 2. The second-order valence-corrected chi connectivity index (χ2v) is 7.26. The Morgan fingerprint density at radius 3 is 2.54 bits per heavy atom. The van der Waals surface area contributed by atoms with Crippen LogP contribution in [0.15, 0.2) is 42.5 Å². The summed E-state index contributed by atoms with van der Waals surface area (Å²) in [6.45, 7) is 1.23. The molecule has 0 radical (unpaired) electrons. The topological polar surface area (TPSA) is 66.8 Å². The van der Waals surface area contributed by atoms with Crippen LogP contribution >= 0.6 is 0 Å². The lowest BCUT2D eigenvalue weighted by molar-refractivity contribution is -0.132. The zero-order valence-corrected chi connectivity index (χ0v) is 16.3. The van der Waals surface area contributed by atoms with Gasteiger partial charge in [-0.2, -0.15) is 0 Å². The van der Waals surface area contributed by atoms with Crippen LogP contribution in [0.5, 0.6) is 5.75 Å². The van der Waals surface area contributed by atoms with Gasteiger partial charge in [-0.1, -0.05) is 24.6 Å². The van der Waals surface area contributed by atoms with Gasteiger partial charge in [0, 0.05) is 19.5 Å². The van der Waals surface area contributed by atoms with Gasteiger partial charge in [0.1, 0.15) is 5.75 Å². The number of hydrogen-bond acceptors (Lipinski definition) is 3. The maximum atomic E-state index is 12.5. The normalized spacial score (nSPS) is 13.1. The molecule has 0 aliphatic carbocycles. The van der Waals surface area contributed by atoms with Gasteiger partial charge in [0.25, 0.3) is 0 Å². The average molecular weight is 381 g/mol. The summed E-state index contributed by atoms with van der Waals surface area (Å²) in [6, 6.07) is 13.3. The number of carboxylic acids is 1. The molecule has 0 atom stereocenters. The van der Waals surface area contributed by atoms with E-state index >= 15 is 0 Å². The maximum Gasteiger partial charge on any atom is 0.335 e. The van der Waals surface area contributed by atoms with E-state index in [-0.39, 0.29) is 11.5 Å². The second-order valence-electron chi connectivity index (χ2n) is 7.26. The fourth-order valence-electron chi connectivity index (χ4n) is 3.64. The van der Waals surface area contributed by atoms with Crippen LogP contribution in [0.3, 0.4) is 0 Å². The number of fused-ring (bicyclic) bond motifs is 1. The minimum absolute atomic E-state index is 0.163. The summed E-state index contributed by atoms with van der Waals surface area (Å²) >= 11 is 0. The number of rotatable bonds is 8. The number of amides is 1. The molecule has 0 fully saturated rings. The smallest absolute Gasteiger partial charge is 0.335 e. The number of benzene rings is 2. The Kier molecular flexibility index (Phi) is 6.69. The Hall–Kier alpha value is -2.82. The summed E-state index contributed by atoms with van der Waals surface area (Å²) < 4.78 is 5.17. The van der Waals surface area contributed by atoms with Crippen LogP contribution in [-0.4, -0.2) is 35.5 Å². The summed E-state index contributed by atoms with van der Waals surface area (Å²) in [5.41, 5.74) is 3.67.